The van der Waals surface area contributed by atoms with Gasteiger partial charge in [0.25, 0.3) is 0 Å². The van der Waals surface area contributed by atoms with Gasteiger partial charge in [0.2, 0.25) is 0 Å². The Morgan fingerprint density at radius 2 is 2.18 bits per heavy atom. The molecular formula is C9H16O2. The van der Waals surface area contributed by atoms with E-state index in [1.54, 1.807) is 0 Å². The summed E-state index contributed by atoms with van der Waals surface area (Å²) in [4.78, 5) is 0. The summed E-state index contributed by atoms with van der Waals surface area (Å²) in [6, 6.07) is 0. The van der Waals surface area contributed by atoms with Gasteiger partial charge in [0.15, 0.2) is 0 Å². The van der Waals surface area contributed by atoms with Crippen molar-refractivity contribution in [3.63, 3.8) is 0 Å². The lowest BCUT2D eigenvalue weighted by Crippen LogP contribution is -2.12. The van der Waals surface area contributed by atoms with Crippen molar-refractivity contribution in [2.75, 3.05) is 6.61 Å². The zero-order valence-corrected chi connectivity index (χ0v) is 6.79. The normalized spacial score (nSPS) is 12.5. The summed E-state index contributed by atoms with van der Waals surface area (Å²) < 4.78 is 0. The summed E-state index contributed by atoms with van der Waals surface area (Å²) in [5.41, 5.74) is 0.964. The first-order valence-corrected chi connectivity index (χ1v) is 3.77. The van der Waals surface area contributed by atoms with Crippen molar-refractivity contribution in [2.45, 2.75) is 25.4 Å². The second kappa shape index (κ2) is 6.13. The average Bonchev–Trinajstić information content (AvgIpc) is 2.00. The fourth-order valence-corrected chi connectivity index (χ4v) is 0.806. The molecule has 11 heavy (non-hydrogen) atoms. The van der Waals surface area contributed by atoms with Crippen LogP contribution in [0.25, 0.3) is 0 Å². The molecule has 2 N–H and O–H groups in total. The van der Waals surface area contributed by atoms with Crippen LogP contribution in [0.15, 0.2) is 24.8 Å². The molecule has 2 heteroatoms. The Bertz CT molecular complexity index is 130. The van der Waals surface area contributed by atoms with Crippen molar-refractivity contribution >= 4 is 0 Å². The SMILES string of the molecule is C=CCCC(=C)C[C@@H](O)CO. The van der Waals surface area contributed by atoms with Crippen LogP contribution in [0.2, 0.25) is 0 Å². The molecule has 0 saturated heterocycles. The highest BCUT2D eigenvalue weighted by Crippen LogP contribution is 2.09. The van der Waals surface area contributed by atoms with Crippen LogP contribution in [-0.2, 0) is 0 Å². The van der Waals surface area contributed by atoms with E-state index in [4.69, 9.17) is 10.2 Å². The quantitative estimate of drug-likeness (QED) is 0.568. The highest BCUT2D eigenvalue weighted by atomic mass is 16.3. The fourth-order valence-electron chi connectivity index (χ4n) is 0.806. The molecule has 2 nitrogen and oxygen atoms in total. The summed E-state index contributed by atoms with van der Waals surface area (Å²) in [6.07, 6.45) is 3.39. The maximum absolute atomic E-state index is 8.99. The Hall–Kier alpha value is -0.600. The molecule has 0 amide bonds. The monoisotopic (exact) mass is 156 g/mol. The summed E-state index contributed by atoms with van der Waals surface area (Å²) in [6.45, 7) is 7.15. The van der Waals surface area contributed by atoms with Crippen molar-refractivity contribution in [1.82, 2.24) is 0 Å². The second-order valence-electron chi connectivity index (χ2n) is 2.62. The first-order valence-electron chi connectivity index (χ1n) is 3.77. The maximum Gasteiger partial charge on any atom is 0.0807 e. The third-order valence-electron chi connectivity index (χ3n) is 1.44. The van der Waals surface area contributed by atoms with Gasteiger partial charge in [-0.2, -0.15) is 0 Å². The summed E-state index contributed by atoms with van der Waals surface area (Å²) in [7, 11) is 0. The first-order chi connectivity index (χ1) is 5.20. The van der Waals surface area contributed by atoms with Gasteiger partial charge in [-0.05, 0) is 19.3 Å². The molecule has 0 spiro atoms. The van der Waals surface area contributed by atoms with Gasteiger partial charge in [0, 0.05) is 0 Å². The number of rotatable bonds is 6. The van der Waals surface area contributed by atoms with E-state index < -0.39 is 6.10 Å². The Labute approximate surface area is 67.9 Å². The number of allylic oxidation sites excluding steroid dienone is 1. The Balaban J connectivity index is 3.43. The molecule has 1 atom stereocenters. The van der Waals surface area contributed by atoms with E-state index in [0.717, 1.165) is 18.4 Å². The van der Waals surface area contributed by atoms with Crippen molar-refractivity contribution < 1.29 is 10.2 Å². The molecule has 0 unspecified atom stereocenters. The van der Waals surface area contributed by atoms with Crippen molar-refractivity contribution in [2.24, 2.45) is 0 Å². The molecule has 64 valence electrons. The Morgan fingerprint density at radius 3 is 2.64 bits per heavy atom. The minimum absolute atomic E-state index is 0.187. The van der Waals surface area contributed by atoms with Crippen molar-refractivity contribution in [1.29, 1.82) is 0 Å². The first kappa shape index (κ1) is 10.4. The van der Waals surface area contributed by atoms with E-state index in [1.807, 2.05) is 6.08 Å². The third-order valence-corrected chi connectivity index (χ3v) is 1.44. The number of aliphatic hydroxyl groups is 2. The van der Waals surface area contributed by atoms with E-state index in [1.165, 1.54) is 0 Å². The topological polar surface area (TPSA) is 40.5 Å². The minimum Gasteiger partial charge on any atom is -0.394 e. The molecule has 0 aliphatic carbocycles. The predicted molar refractivity (Wildman–Crippen MR) is 46.3 cm³/mol. The molecule has 0 radical (unpaired) electrons. The number of hydrogen-bond donors (Lipinski definition) is 2. The van der Waals surface area contributed by atoms with Crippen LogP contribution >= 0.6 is 0 Å². The van der Waals surface area contributed by atoms with Gasteiger partial charge in [-0.15, -0.1) is 6.58 Å². The van der Waals surface area contributed by atoms with E-state index in [0.29, 0.717) is 6.42 Å². The zero-order valence-electron chi connectivity index (χ0n) is 6.79. The second-order valence-corrected chi connectivity index (χ2v) is 2.62. The van der Waals surface area contributed by atoms with Crippen LogP contribution in [0.4, 0.5) is 0 Å². The number of hydrogen-bond acceptors (Lipinski definition) is 2. The molecule has 0 aromatic rings. The smallest absolute Gasteiger partial charge is 0.0807 e. The highest BCUT2D eigenvalue weighted by molar-refractivity contribution is 4.97. The molecule has 0 fully saturated rings. The fraction of sp³-hybridized carbons (Fsp3) is 0.556. The molecule has 0 aliphatic heterocycles. The highest BCUT2D eigenvalue weighted by Gasteiger charge is 2.02. The van der Waals surface area contributed by atoms with Crippen LogP contribution in [0.5, 0.6) is 0 Å². The Morgan fingerprint density at radius 1 is 1.55 bits per heavy atom. The van der Waals surface area contributed by atoms with Gasteiger partial charge in [0.1, 0.15) is 0 Å². The van der Waals surface area contributed by atoms with Crippen LogP contribution in [0.1, 0.15) is 19.3 Å². The average molecular weight is 156 g/mol. The van der Waals surface area contributed by atoms with Gasteiger partial charge >= 0.3 is 0 Å². The van der Waals surface area contributed by atoms with Crippen molar-refractivity contribution in [3.8, 4) is 0 Å². The van der Waals surface area contributed by atoms with Gasteiger partial charge in [-0.25, -0.2) is 0 Å². The van der Waals surface area contributed by atoms with Gasteiger partial charge in [0.05, 0.1) is 12.7 Å². The summed E-state index contributed by atoms with van der Waals surface area (Å²) in [5, 5.41) is 17.5. The molecule has 0 aromatic carbocycles. The van der Waals surface area contributed by atoms with E-state index >= 15 is 0 Å². The molecule has 0 bridgehead atoms. The maximum atomic E-state index is 8.99. The van der Waals surface area contributed by atoms with E-state index in [-0.39, 0.29) is 6.61 Å². The lowest BCUT2D eigenvalue weighted by molar-refractivity contribution is 0.0949. The Kier molecular flexibility index (Phi) is 5.80. The van der Waals surface area contributed by atoms with Gasteiger partial charge < -0.3 is 10.2 Å². The predicted octanol–water partition coefficient (Wildman–Crippen LogP) is 1.25. The minimum atomic E-state index is -0.646. The van der Waals surface area contributed by atoms with Crippen LogP contribution in [0.3, 0.4) is 0 Å². The lowest BCUT2D eigenvalue weighted by Gasteiger charge is -2.07. The van der Waals surface area contributed by atoms with Gasteiger partial charge in [-0.3, -0.25) is 0 Å². The van der Waals surface area contributed by atoms with Crippen LogP contribution in [0, 0.1) is 0 Å². The lowest BCUT2D eigenvalue weighted by atomic mass is 10.1. The van der Waals surface area contributed by atoms with Crippen LogP contribution in [-0.4, -0.2) is 22.9 Å². The molecule has 0 aliphatic rings. The van der Waals surface area contributed by atoms with E-state index in [9.17, 15) is 0 Å². The molecule has 0 saturated carbocycles. The standard InChI is InChI=1S/C9H16O2/c1-3-4-5-8(2)6-9(11)7-10/h3,9-11H,1-2,4-7H2/t9-/m1/s1. The summed E-state index contributed by atoms with van der Waals surface area (Å²) >= 11 is 0. The van der Waals surface area contributed by atoms with Crippen molar-refractivity contribution in [3.05, 3.63) is 24.8 Å². The molecular weight excluding hydrogens is 140 g/mol. The molecule has 0 heterocycles. The zero-order chi connectivity index (χ0) is 8.69. The van der Waals surface area contributed by atoms with Crippen LogP contribution < -0.4 is 0 Å². The van der Waals surface area contributed by atoms with E-state index in [2.05, 4.69) is 13.2 Å². The third kappa shape index (κ3) is 5.83. The van der Waals surface area contributed by atoms with Gasteiger partial charge in [-0.1, -0.05) is 18.2 Å². The number of aliphatic hydroxyl groups excluding tert-OH is 2. The summed E-state index contributed by atoms with van der Waals surface area (Å²) in [5.74, 6) is 0. The molecule has 0 rings (SSSR count). The molecule has 0 aromatic heterocycles. The largest absolute Gasteiger partial charge is 0.394 e.